The lowest BCUT2D eigenvalue weighted by atomic mass is 9.88. The minimum atomic E-state index is -0.311. The highest BCUT2D eigenvalue weighted by Gasteiger charge is 2.31. The largest absolute Gasteiger partial charge is 0.489 e. The highest BCUT2D eigenvalue weighted by Crippen LogP contribution is 2.26. The maximum atomic E-state index is 13.3. The van der Waals surface area contributed by atoms with Gasteiger partial charge in [0, 0.05) is 38.2 Å². The van der Waals surface area contributed by atoms with Crippen LogP contribution in [-0.4, -0.2) is 55.6 Å². The summed E-state index contributed by atoms with van der Waals surface area (Å²) in [5.41, 5.74) is 0. The number of ether oxygens (including phenoxy) is 1. The number of guanidine groups is 1. The van der Waals surface area contributed by atoms with Crippen molar-refractivity contribution < 1.29 is 13.9 Å². The SMILES string of the molecule is CN=C(NCC(C)Oc1cccc(F)c1)NC1CCN(C(=O)C2CCCCC2)C1. The van der Waals surface area contributed by atoms with Gasteiger partial charge in [-0.3, -0.25) is 9.79 Å². The molecule has 2 unspecified atom stereocenters. The molecule has 1 aromatic carbocycles. The molecular formula is C22H33FN4O2. The first-order valence-corrected chi connectivity index (χ1v) is 10.7. The number of amides is 1. The van der Waals surface area contributed by atoms with Crippen LogP contribution in [0, 0.1) is 11.7 Å². The fourth-order valence-corrected chi connectivity index (χ4v) is 4.13. The summed E-state index contributed by atoms with van der Waals surface area (Å²) in [5.74, 6) is 1.44. The zero-order chi connectivity index (χ0) is 20.6. The average molecular weight is 405 g/mol. The van der Waals surface area contributed by atoms with Gasteiger partial charge in [0.1, 0.15) is 17.7 Å². The Morgan fingerprint density at radius 3 is 2.83 bits per heavy atom. The molecule has 160 valence electrons. The van der Waals surface area contributed by atoms with E-state index in [-0.39, 0.29) is 23.9 Å². The van der Waals surface area contributed by atoms with Crippen LogP contribution < -0.4 is 15.4 Å². The highest BCUT2D eigenvalue weighted by molar-refractivity contribution is 5.81. The first-order valence-electron chi connectivity index (χ1n) is 10.7. The van der Waals surface area contributed by atoms with E-state index in [1.807, 2.05) is 11.8 Å². The summed E-state index contributed by atoms with van der Waals surface area (Å²) >= 11 is 0. The van der Waals surface area contributed by atoms with Crippen LogP contribution in [-0.2, 0) is 4.79 Å². The average Bonchev–Trinajstić information content (AvgIpc) is 3.19. The van der Waals surface area contributed by atoms with E-state index in [2.05, 4.69) is 15.6 Å². The van der Waals surface area contributed by atoms with Crippen molar-refractivity contribution >= 4 is 11.9 Å². The Hall–Kier alpha value is -2.31. The molecule has 2 aliphatic rings. The summed E-state index contributed by atoms with van der Waals surface area (Å²) in [4.78, 5) is 19.0. The maximum Gasteiger partial charge on any atom is 0.225 e. The number of nitrogens with one attached hydrogen (secondary N) is 2. The molecule has 0 spiro atoms. The number of carbonyl (C=O) groups excluding carboxylic acids is 1. The number of carbonyl (C=O) groups is 1. The molecule has 1 heterocycles. The molecule has 2 N–H and O–H groups in total. The van der Waals surface area contributed by atoms with Crippen molar-refractivity contribution in [2.24, 2.45) is 10.9 Å². The van der Waals surface area contributed by atoms with Crippen molar-refractivity contribution in [3.8, 4) is 5.75 Å². The van der Waals surface area contributed by atoms with Gasteiger partial charge in [-0.1, -0.05) is 25.3 Å². The third-order valence-corrected chi connectivity index (χ3v) is 5.71. The number of aliphatic imine (C=N–C) groups is 1. The first-order chi connectivity index (χ1) is 14.0. The second-order valence-corrected chi connectivity index (χ2v) is 8.09. The second-order valence-electron chi connectivity index (χ2n) is 8.09. The van der Waals surface area contributed by atoms with Gasteiger partial charge in [0.2, 0.25) is 5.91 Å². The van der Waals surface area contributed by atoms with Crippen LogP contribution in [0.3, 0.4) is 0 Å². The van der Waals surface area contributed by atoms with E-state index in [1.165, 1.54) is 31.4 Å². The number of halogens is 1. The second kappa shape index (κ2) is 10.5. The fraction of sp³-hybridized carbons (Fsp3) is 0.636. The van der Waals surface area contributed by atoms with Crippen molar-refractivity contribution in [1.29, 1.82) is 0 Å². The summed E-state index contributed by atoms with van der Waals surface area (Å²) in [6.07, 6.45) is 6.48. The van der Waals surface area contributed by atoms with Crippen LogP contribution in [0.1, 0.15) is 45.4 Å². The number of hydrogen-bond acceptors (Lipinski definition) is 3. The summed E-state index contributed by atoms with van der Waals surface area (Å²) < 4.78 is 19.0. The molecule has 0 radical (unpaired) electrons. The summed E-state index contributed by atoms with van der Waals surface area (Å²) in [6, 6.07) is 6.34. The quantitative estimate of drug-likeness (QED) is 0.565. The van der Waals surface area contributed by atoms with Gasteiger partial charge in [-0.15, -0.1) is 0 Å². The minimum Gasteiger partial charge on any atom is -0.489 e. The molecule has 0 aromatic heterocycles. The number of benzene rings is 1. The Morgan fingerprint density at radius 2 is 2.10 bits per heavy atom. The zero-order valence-corrected chi connectivity index (χ0v) is 17.5. The van der Waals surface area contributed by atoms with Crippen LogP contribution in [0.5, 0.6) is 5.75 Å². The standard InChI is InChI=1S/C22H33FN4O2/c1-16(29-20-10-6-9-18(23)13-20)14-25-22(24-2)26-19-11-12-27(15-19)21(28)17-7-4-3-5-8-17/h6,9-10,13,16-17,19H,3-5,7-8,11-12,14-15H2,1-2H3,(H2,24,25,26). The van der Waals surface area contributed by atoms with Crippen molar-refractivity contribution in [1.82, 2.24) is 15.5 Å². The van der Waals surface area contributed by atoms with E-state index in [9.17, 15) is 9.18 Å². The van der Waals surface area contributed by atoms with Gasteiger partial charge < -0.3 is 20.3 Å². The Morgan fingerprint density at radius 1 is 1.31 bits per heavy atom. The molecule has 1 amide bonds. The zero-order valence-electron chi connectivity index (χ0n) is 17.5. The Bertz CT molecular complexity index is 706. The molecule has 1 aliphatic carbocycles. The number of nitrogens with zero attached hydrogens (tertiary/aromatic N) is 2. The van der Waals surface area contributed by atoms with Gasteiger partial charge in [-0.2, -0.15) is 0 Å². The Kier molecular flexibility index (Phi) is 7.72. The highest BCUT2D eigenvalue weighted by atomic mass is 19.1. The predicted octanol–water partition coefficient (Wildman–Crippen LogP) is 2.94. The number of likely N-dealkylation sites (tertiary alicyclic amines) is 1. The molecule has 1 aliphatic heterocycles. The first kappa shape index (κ1) is 21.4. The smallest absolute Gasteiger partial charge is 0.225 e. The monoisotopic (exact) mass is 404 g/mol. The predicted molar refractivity (Wildman–Crippen MR) is 113 cm³/mol. The molecule has 29 heavy (non-hydrogen) atoms. The van der Waals surface area contributed by atoms with E-state index in [0.717, 1.165) is 32.4 Å². The van der Waals surface area contributed by atoms with Gasteiger partial charge in [-0.25, -0.2) is 4.39 Å². The molecule has 1 aromatic rings. The minimum absolute atomic E-state index is 0.150. The number of rotatable bonds is 6. The normalized spacial score (nSPS) is 21.7. The third-order valence-electron chi connectivity index (χ3n) is 5.71. The van der Waals surface area contributed by atoms with Crippen LogP contribution in [0.15, 0.2) is 29.3 Å². The molecule has 6 nitrogen and oxygen atoms in total. The molecule has 2 fully saturated rings. The topological polar surface area (TPSA) is 66.0 Å². The summed E-state index contributed by atoms with van der Waals surface area (Å²) in [7, 11) is 1.73. The molecule has 3 rings (SSSR count). The van der Waals surface area contributed by atoms with Crippen LogP contribution >= 0.6 is 0 Å². The van der Waals surface area contributed by atoms with Crippen LogP contribution in [0.4, 0.5) is 4.39 Å². The summed E-state index contributed by atoms with van der Waals surface area (Å²) in [6.45, 7) is 3.99. The van der Waals surface area contributed by atoms with Gasteiger partial charge in [0.05, 0.1) is 6.54 Å². The molecule has 1 saturated carbocycles. The van der Waals surface area contributed by atoms with Crippen molar-refractivity contribution in [3.63, 3.8) is 0 Å². The molecule has 7 heteroatoms. The lowest BCUT2D eigenvalue weighted by molar-refractivity contribution is -0.135. The Balaban J connectivity index is 1.41. The maximum absolute atomic E-state index is 13.3. The van der Waals surface area contributed by atoms with E-state index in [4.69, 9.17) is 4.74 Å². The molecule has 2 atom stereocenters. The van der Waals surface area contributed by atoms with Gasteiger partial charge >= 0.3 is 0 Å². The van der Waals surface area contributed by atoms with Gasteiger partial charge in [0.15, 0.2) is 5.96 Å². The van der Waals surface area contributed by atoms with Gasteiger partial charge in [0.25, 0.3) is 0 Å². The van der Waals surface area contributed by atoms with Crippen LogP contribution in [0.25, 0.3) is 0 Å². The lowest BCUT2D eigenvalue weighted by Gasteiger charge is -2.26. The molecule has 1 saturated heterocycles. The molecule has 0 bridgehead atoms. The third kappa shape index (κ3) is 6.34. The lowest BCUT2D eigenvalue weighted by Crippen LogP contribution is -2.47. The van der Waals surface area contributed by atoms with E-state index < -0.39 is 0 Å². The summed E-state index contributed by atoms with van der Waals surface area (Å²) in [5, 5.41) is 6.67. The van der Waals surface area contributed by atoms with Crippen LogP contribution in [0.2, 0.25) is 0 Å². The van der Waals surface area contributed by atoms with Gasteiger partial charge in [-0.05, 0) is 38.3 Å². The van der Waals surface area contributed by atoms with Crippen molar-refractivity contribution in [3.05, 3.63) is 30.1 Å². The molecular weight excluding hydrogens is 371 g/mol. The number of hydrogen-bond donors (Lipinski definition) is 2. The fourth-order valence-electron chi connectivity index (χ4n) is 4.13. The van der Waals surface area contributed by atoms with E-state index >= 15 is 0 Å². The van der Waals surface area contributed by atoms with E-state index in [1.54, 1.807) is 19.2 Å². The van der Waals surface area contributed by atoms with E-state index in [0.29, 0.717) is 24.2 Å². The van der Waals surface area contributed by atoms with Crippen molar-refractivity contribution in [2.45, 2.75) is 57.6 Å². The Labute approximate surface area is 172 Å². The van der Waals surface area contributed by atoms with Crippen molar-refractivity contribution in [2.75, 3.05) is 26.7 Å².